The topological polar surface area (TPSA) is 91.2 Å². The summed E-state index contributed by atoms with van der Waals surface area (Å²) in [5.74, 6) is 0.0589. The van der Waals surface area contributed by atoms with Gasteiger partial charge in [0.05, 0.1) is 12.8 Å². The summed E-state index contributed by atoms with van der Waals surface area (Å²) in [6.45, 7) is 5.88. The van der Waals surface area contributed by atoms with Crippen LogP contribution in [0.25, 0.3) is 0 Å². The minimum atomic E-state index is -3.79. The van der Waals surface area contributed by atoms with E-state index in [-0.39, 0.29) is 35.1 Å². The Morgan fingerprint density at radius 3 is 2.50 bits per heavy atom. The van der Waals surface area contributed by atoms with Crippen LogP contribution in [0, 0.1) is 0 Å². The number of fused-ring (bicyclic) bond motifs is 1. The molecule has 7 nitrogen and oxygen atoms in total. The number of amides is 1. The van der Waals surface area contributed by atoms with Crippen LogP contribution in [0.4, 0.5) is 0 Å². The molecule has 0 saturated carbocycles. The molecule has 0 bridgehead atoms. The molecular weight excluding hydrogens is 468 g/mol. The van der Waals surface area contributed by atoms with E-state index in [1.165, 1.54) is 11.1 Å². The molecule has 30 heavy (non-hydrogen) atoms. The summed E-state index contributed by atoms with van der Waals surface area (Å²) in [4.78, 5) is 12.5. The third-order valence-electron chi connectivity index (χ3n) is 4.14. The SMILES string of the molecule is CC(C)(C)NC(=O)CCN(N=Cc1ccc(Br)cc1)C1=NS(=O)(=O)c2ccccc21. The van der Waals surface area contributed by atoms with E-state index in [0.29, 0.717) is 5.56 Å². The molecule has 1 aliphatic heterocycles. The number of hydrogen-bond acceptors (Lipinski definition) is 5. The van der Waals surface area contributed by atoms with Crippen molar-refractivity contribution in [2.75, 3.05) is 6.54 Å². The number of nitrogens with zero attached hydrogens (tertiary/aromatic N) is 3. The summed E-state index contributed by atoms with van der Waals surface area (Å²) in [7, 11) is -3.79. The lowest BCUT2D eigenvalue weighted by molar-refractivity contribution is -0.122. The van der Waals surface area contributed by atoms with E-state index in [4.69, 9.17) is 0 Å². The Hall–Kier alpha value is -2.52. The Morgan fingerprint density at radius 2 is 1.83 bits per heavy atom. The molecule has 2 aromatic carbocycles. The van der Waals surface area contributed by atoms with Gasteiger partial charge < -0.3 is 5.32 Å². The summed E-state index contributed by atoms with van der Waals surface area (Å²) in [5, 5.41) is 8.82. The van der Waals surface area contributed by atoms with Gasteiger partial charge in [0.15, 0.2) is 5.84 Å². The quantitative estimate of drug-likeness (QED) is 0.512. The number of amidine groups is 1. The molecular formula is C21H23BrN4O3S. The number of benzene rings is 2. The highest BCUT2D eigenvalue weighted by Crippen LogP contribution is 2.27. The summed E-state index contributed by atoms with van der Waals surface area (Å²) >= 11 is 3.39. The van der Waals surface area contributed by atoms with Crippen molar-refractivity contribution >= 4 is 43.9 Å². The van der Waals surface area contributed by atoms with E-state index in [1.807, 2.05) is 45.0 Å². The fourth-order valence-corrected chi connectivity index (χ4v) is 4.34. The molecule has 0 aromatic heterocycles. The van der Waals surface area contributed by atoms with Crippen LogP contribution in [0.2, 0.25) is 0 Å². The molecule has 0 atom stereocenters. The first-order valence-electron chi connectivity index (χ1n) is 9.38. The molecule has 158 valence electrons. The second-order valence-electron chi connectivity index (χ2n) is 7.85. The maximum Gasteiger partial charge on any atom is 0.285 e. The van der Waals surface area contributed by atoms with E-state index in [1.54, 1.807) is 24.4 Å². The molecule has 9 heteroatoms. The molecule has 0 radical (unpaired) electrons. The maximum absolute atomic E-state index is 12.5. The lowest BCUT2D eigenvalue weighted by Gasteiger charge is -2.22. The van der Waals surface area contributed by atoms with Crippen LogP contribution in [0.3, 0.4) is 0 Å². The lowest BCUT2D eigenvalue weighted by atomic mass is 10.1. The zero-order chi connectivity index (χ0) is 21.9. The maximum atomic E-state index is 12.5. The van der Waals surface area contributed by atoms with E-state index >= 15 is 0 Å². The van der Waals surface area contributed by atoms with Gasteiger partial charge in [0.2, 0.25) is 5.91 Å². The van der Waals surface area contributed by atoms with Gasteiger partial charge in [0, 0.05) is 22.0 Å². The first-order chi connectivity index (χ1) is 14.0. The third kappa shape index (κ3) is 5.54. The van der Waals surface area contributed by atoms with Crippen molar-refractivity contribution < 1.29 is 13.2 Å². The van der Waals surface area contributed by atoms with Crippen LogP contribution >= 0.6 is 15.9 Å². The van der Waals surface area contributed by atoms with Crippen molar-refractivity contribution in [2.45, 2.75) is 37.6 Å². The normalized spacial score (nSPS) is 15.0. The van der Waals surface area contributed by atoms with Gasteiger partial charge >= 0.3 is 0 Å². The van der Waals surface area contributed by atoms with Gasteiger partial charge in [0.1, 0.15) is 4.90 Å². The van der Waals surface area contributed by atoms with E-state index in [9.17, 15) is 13.2 Å². The number of carbonyl (C=O) groups is 1. The first-order valence-corrected chi connectivity index (χ1v) is 11.6. The number of sulfonamides is 1. The average Bonchev–Trinajstić information content (AvgIpc) is 2.93. The molecule has 1 amide bonds. The average molecular weight is 491 g/mol. The number of carbonyl (C=O) groups excluding carboxylic acids is 1. The van der Waals surface area contributed by atoms with Gasteiger partial charge in [-0.15, -0.1) is 4.40 Å². The Bertz CT molecular complexity index is 1100. The Morgan fingerprint density at radius 1 is 1.17 bits per heavy atom. The van der Waals surface area contributed by atoms with Crippen molar-refractivity contribution in [1.29, 1.82) is 0 Å². The van der Waals surface area contributed by atoms with E-state index in [0.717, 1.165) is 10.0 Å². The van der Waals surface area contributed by atoms with Crippen LogP contribution < -0.4 is 5.32 Å². The van der Waals surface area contributed by atoms with Gasteiger partial charge in [-0.2, -0.15) is 13.5 Å². The molecule has 1 heterocycles. The summed E-state index contributed by atoms with van der Waals surface area (Å²) in [6.07, 6.45) is 1.75. The molecule has 0 aliphatic carbocycles. The van der Waals surface area contributed by atoms with Crippen molar-refractivity contribution in [3.05, 3.63) is 64.1 Å². The van der Waals surface area contributed by atoms with Gasteiger partial charge in [0.25, 0.3) is 10.0 Å². The second-order valence-corrected chi connectivity index (χ2v) is 10.3. The van der Waals surface area contributed by atoms with Gasteiger partial charge in [-0.25, -0.2) is 5.01 Å². The minimum Gasteiger partial charge on any atom is -0.351 e. The van der Waals surface area contributed by atoms with Gasteiger partial charge in [-0.1, -0.05) is 40.2 Å². The standard InChI is InChI=1S/C21H23BrN4O3S/c1-21(2,3)24-19(27)12-13-26(23-14-15-8-10-16(22)11-9-15)20-17-6-4-5-7-18(17)30(28,29)25-20/h4-11,14H,12-13H2,1-3H3,(H,24,27). The molecule has 3 rings (SSSR count). The van der Waals surface area contributed by atoms with E-state index < -0.39 is 10.0 Å². The molecule has 1 aliphatic rings. The lowest BCUT2D eigenvalue weighted by Crippen LogP contribution is -2.42. The zero-order valence-corrected chi connectivity index (χ0v) is 19.4. The number of hydrazone groups is 1. The Balaban J connectivity index is 1.90. The fourth-order valence-electron chi connectivity index (χ4n) is 2.87. The molecule has 1 N–H and O–H groups in total. The molecule has 0 fully saturated rings. The van der Waals surface area contributed by atoms with Crippen molar-refractivity contribution in [1.82, 2.24) is 10.3 Å². The largest absolute Gasteiger partial charge is 0.351 e. The van der Waals surface area contributed by atoms with Crippen LogP contribution in [0.5, 0.6) is 0 Å². The highest BCUT2D eigenvalue weighted by atomic mass is 79.9. The highest BCUT2D eigenvalue weighted by Gasteiger charge is 2.32. The molecule has 0 saturated heterocycles. The van der Waals surface area contributed by atoms with Crippen molar-refractivity contribution in [3.8, 4) is 0 Å². The third-order valence-corrected chi connectivity index (χ3v) is 5.99. The molecule has 2 aromatic rings. The van der Waals surface area contributed by atoms with E-state index in [2.05, 4.69) is 30.7 Å². The van der Waals surface area contributed by atoms with Crippen molar-refractivity contribution in [3.63, 3.8) is 0 Å². The zero-order valence-electron chi connectivity index (χ0n) is 17.0. The Kier molecular flexibility index (Phi) is 6.42. The van der Waals surface area contributed by atoms with Gasteiger partial charge in [-0.3, -0.25) is 4.79 Å². The monoisotopic (exact) mass is 490 g/mol. The molecule has 0 unspecified atom stereocenters. The number of nitrogens with one attached hydrogen (secondary N) is 1. The minimum absolute atomic E-state index is 0.135. The van der Waals surface area contributed by atoms with Crippen LogP contribution in [-0.4, -0.2) is 43.5 Å². The predicted octanol–water partition coefficient (Wildman–Crippen LogP) is 3.54. The predicted molar refractivity (Wildman–Crippen MR) is 121 cm³/mol. The number of rotatable bonds is 5. The van der Waals surface area contributed by atoms with Crippen molar-refractivity contribution in [2.24, 2.45) is 9.50 Å². The molecule has 0 spiro atoms. The number of hydrogen-bond donors (Lipinski definition) is 1. The number of halogens is 1. The Labute approximate surface area is 185 Å². The first kappa shape index (κ1) is 22.2. The second kappa shape index (κ2) is 8.69. The summed E-state index contributed by atoms with van der Waals surface area (Å²) in [5.41, 5.74) is 0.947. The fraction of sp³-hybridized carbons (Fsp3) is 0.286. The summed E-state index contributed by atoms with van der Waals surface area (Å²) in [6, 6.07) is 14.1. The van der Waals surface area contributed by atoms with Crippen LogP contribution in [-0.2, 0) is 14.8 Å². The van der Waals surface area contributed by atoms with Gasteiger partial charge in [-0.05, 0) is 50.6 Å². The van der Waals surface area contributed by atoms with Crippen LogP contribution in [0.15, 0.2) is 67.4 Å². The highest BCUT2D eigenvalue weighted by molar-refractivity contribution is 9.10. The summed E-state index contributed by atoms with van der Waals surface area (Å²) < 4.78 is 29.8. The van der Waals surface area contributed by atoms with Crippen LogP contribution in [0.1, 0.15) is 38.3 Å². The smallest absolute Gasteiger partial charge is 0.285 e.